The van der Waals surface area contributed by atoms with Crippen molar-refractivity contribution in [1.82, 2.24) is 5.32 Å². The number of rotatable bonds is 7. The number of nitrogens with one attached hydrogen (secondary N) is 2. The lowest BCUT2D eigenvalue weighted by Crippen LogP contribution is -2.40. The van der Waals surface area contributed by atoms with Crippen molar-refractivity contribution in [3.05, 3.63) is 58.6 Å². The Morgan fingerprint density at radius 3 is 2.48 bits per heavy atom. The number of amides is 2. The SMILES string of the molecule is COc1cc(Cl)c(C)cc1NC(=O)C1(C(=O)NCCc2ccccc2)CC1. The Kier molecular flexibility index (Phi) is 5.71. The van der Waals surface area contributed by atoms with Gasteiger partial charge < -0.3 is 15.4 Å². The summed E-state index contributed by atoms with van der Waals surface area (Å²) < 4.78 is 5.29. The lowest BCUT2D eigenvalue weighted by atomic mass is 10.0. The van der Waals surface area contributed by atoms with Crippen LogP contribution in [-0.4, -0.2) is 25.5 Å². The molecule has 2 aromatic carbocycles. The van der Waals surface area contributed by atoms with Gasteiger partial charge in [0, 0.05) is 17.6 Å². The van der Waals surface area contributed by atoms with Gasteiger partial charge in [0.05, 0.1) is 12.8 Å². The van der Waals surface area contributed by atoms with Crippen molar-refractivity contribution in [1.29, 1.82) is 0 Å². The number of hydrogen-bond acceptors (Lipinski definition) is 3. The van der Waals surface area contributed by atoms with Gasteiger partial charge in [0.1, 0.15) is 11.2 Å². The van der Waals surface area contributed by atoms with Crippen molar-refractivity contribution in [2.45, 2.75) is 26.2 Å². The number of benzene rings is 2. The molecule has 2 amide bonds. The standard InChI is InChI=1S/C21H23ClN2O3/c1-14-12-17(18(27-2)13-16(14)22)24-20(26)21(9-10-21)19(25)23-11-8-15-6-4-3-5-7-15/h3-7,12-13H,8-11H2,1-2H3,(H,23,25)(H,24,26). The molecule has 27 heavy (non-hydrogen) atoms. The maximum atomic E-state index is 12.8. The van der Waals surface area contributed by atoms with Crippen LogP contribution in [-0.2, 0) is 16.0 Å². The minimum atomic E-state index is -0.991. The molecule has 2 N–H and O–H groups in total. The molecule has 0 radical (unpaired) electrons. The topological polar surface area (TPSA) is 67.4 Å². The van der Waals surface area contributed by atoms with Crippen LogP contribution in [0.15, 0.2) is 42.5 Å². The second-order valence-electron chi connectivity index (χ2n) is 6.83. The zero-order chi connectivity index (χ0) is 19.4. The van der Waals surface area contributed by atoms with Crippen molar-refractivity contribution < 1.29 is 14.3 Å². The first kappa shape index (κ1) is 19.2. The van der Waals surface area contributed by atoms with Gasteiger partial charge in [0.2, 0.25) is 11.8 Å². The molecule has 2 aromatic rings. The number of halogens is 1. The van der Waals surface area contributed by atoms with Crippen molar-refractivity contribution in [2.24, 2.45) is 5.41 Å². The van der Waals surface area contributed by atoms with Gasteiger partial charge in [-0.3, -0.25) is 9.59 Å². The van der Waals surface area contributed by atoms with Crippen LogP contribution in [0.4, 0.5) is 5.69 Å². The van der Waals surface area contributed by atoms with E-state index >= 15 is 0 Å². The Morgan fingerprint density at radius 2 is 1.85 bits per heavy atom. The fourth-order valence-corrected chi connectivity index (χ4v) is 3.14. The molecule has 0 aromatic heterocycles. The van der Waals surface area contributed by atoms with Crippen LogP contribution < -0.4 is 15.4 Å². The van der Waals surface area contributed by atoms with Crippen LogP contribution in [0.3, 0.4) is 0 Å². The summed E-state index contributed by atoms with van der Waals surface area (Å²) in [6, 6.07) is 13.3. The third kappa shape index (κ3) is 4.25. The average Bonchev–Trinajstić information content (AvgIpc) is 3.47. The summed E-state index contributed by atoms with van der Waals surface area (Å²) in [5, 5.41) is 6.30. The highest BCUT2D eigenvalue weighted by Crippen LogP contribution is 2.47. The Morgan fingerprint density at radius 1 is 1.15 bits per heavy atom. The Hall–Kier alpha value is -2.53. The molecular weight excluding hydrogens is 364 g/mol. The molecule has 1 aliphatic carbocycles. The average molecular weight is 387 g/mol. The highest BCUT2D eigenvalue weighted by molar-refractivity contribution is 6.31. The highest BCUT2D eigenvalue weighted by Gasteiger charge is 2.56. The van der Waals surface area contributed by atoms with E-state index in [0.29, 0.717) is 35.8 Å². The lowest BCUT2D eigenvalue weighted by molar-refractivity contribution is -0.134. The van der Waals surface area contributed by atoms with Gasteiger partial charge in [-0.05, 0) is 43.4 Å². The Labute approximate surface area is 164 Å². The monoisotopic (exact) mass is 386 g/mol. The summed E-state index contributed by atoms with van der Waals surface area (Å²) in [7, 11) is 1.51. The van der Waals surface area contributed by atoms with E-state index < -0.39 is 5.41 Å². The number of carbonyl (C=O) groups is 2. The number of anilines is 1. The van der Waals surface area contributed by atoms with Crippen LogP contribution in [0.2, 0.25) is 5.02 Å². The van der Waals surface area contributed by atoms with Crippen molar-refractivity contribution >= 4 is 29.1 Å². The van der Waals surface area contributed by atoms with Gasteiger partial charge in [0.25, 0.3) is 0 Å². The van der Waals surface area contributed by atoms with E-state index in [4.69, 9.17) is 16.3 Å². The zero-order valence-electron chi connectivity index (χ0n) is 15.5. The normalized spacial score (nSPS) is 14.3. The second kappa shape index (κ2) is 8.01. The quantitative estimate of drug-likeness (QED) is 0.712. The van der Waals surface area contributed by atoms with E-state index in [-0.39, 0.29) is 11.8 Å². The maximum Gasteiger partial charge on any atom is 0.240 e. The van der Waals surface area contributed by atoms with Crippen molar-refractivity contribution in [3.8, 4) is 5.75 Å². The Balaban J connectivity index is 1.62. The predicted molar refractivity (Wildman–Crippen MR) is 106 cm³/mol. The van der Waals surface area contributed by atoms with E-state index in [1.165, 1.54) is 7.11 Å². The van der Waals surface area contributed by atoms with Crippen LogP contribution >= 0.6 is 11.6 Å². The first-order valence-electron chi connectivity index (χ1n) is 8.94. The number of carbonyl (C=O) groups excluding carboxylic acids is 2. The molecule has 0 saturated heterocycles. The van der Waals surface area contributed by atoms with E-state index in [9.17, 15) is 9.59 Å². The van der Waals surface area contributed by atoms with E-state index in [1.807, 2.05) is 37.3 Å². The fraction of sp³-hybridized carbons (Fsp3) is 0.333. The van der Waals surface area contributed by atoms with Gasteiger partial charge in [-0.15, -0.1) is 0 Å². The first-order chi connectivity index (χ1) is 13.0. The molecule has 1 fully saturated rings. The molecule has 142 valence electrons. The third-order valence-corrected chi connectivity index (χ3v) is 5.30. The smallest absolute Gasteiger partial charge is 0.240 e. The summed E-state index contributed by atoms with van der Waals surface area (Å²) in [5.74, 6) is -0.0560. The molecular formula is C21H23ClN2O3. The molecule has 0 aliphatic heterocycles. The van der Waals surface area contributed by atoms with Crippen LogP contribution in [0.25, 0.3) is 0 Å². The molecule has 1 saturated carbocycles. The second-order valence-corrected chi connectivity index (χ2v) is 7.24. The first-order valence-corrected chi connectivity index (χ1v) is 9.32. The number of methoxy groups -OCH3 is 1. The summed E-state index contributed by atoms with van der Waals surface area (Å²) >= 11 is 6.10. The largest absolute Gasteiger partial charge is 0.495 e. The van der Waals surface area contributed by atoms with Gasteiger partial charge in [-0.25, -0.2) is 0 Å². The summed E-state index contributed by atoms with van der Waals surface area (Å²) in [4.78, 5) is 25.4. The number of hydrogen-bond donors (Lipinski definition) is 2. The van der Waals surface area contributed by atoms with Gasteiger partial charge >= 0.3 is 0 Å². The van der Waals surface area contributed by atoms with Crippen LogP contribution in [0, 0.1) is 12.3 Å². The zero-order valence-corrected chi connectivity index (χ0v) is 16.2. The van der Waals surface area contributed by atoms with Crippen LogP contribution in [0.1, 0.15) is 24.0 Å². The predicted octanol–water partition coefficient (Wildman–Crippen LogP) is 3.73. The molecule has 3 rings (SSSR count). The molecule has 0 unspecified atom stereocenters. The Bertz CT molecular complexity index is 848. The highest BCUT2D eigenvalue weighted by atomic mass is 35.5. The van der Waals surface area contributed by atoms with E-state index in [1.54, 1.807) is 12.1 Å². The van der Waals surface area contributed by atoms with E-state index in [0.717, 1.165) is 17.5 Å². The maximum absolute atomic E-state index is 12.8. The molecule has 0 atom stereocenters. The van der Waals surface area contributed by atoms with E-state index in [2.05, 4.69) is 10.6 Å². The summed E-state index contributed by atoms with van der Waals surface area (Å²) in [6.45, 7) is 2.35. The molecule has 0 heterocycles. The van der Waals surface area contributed by atoms with Crippen molar-refractivity contribution in [3.63, 3.8) is 0 Å². The van der Waals surface area contributed by atoms with Gasteiger partial charge in [-0.2, -0.15) is 0 Å². The van der Waals surface area contributed by atoms with Crippen LogP contribution in [0.5, 0.6) is 5.75 Å². The van der Waals surface area contributed by atoms with Gasteiger partial charge in [-0.1, -0.05) is 41.9 Å². The molecule has 1 aliphatic rings. The molecule has 5 nitrogen and oxygen atoms in total. The number of aryl methyl sites for hydroxylation is 1. The number of ether oxygens (including phenoxy) is 1. The van der Waals surface area contributed by atoms with Crippen molar-refractivity contribution in [2.75, 3.05) is 19.0 Å². The summed E-state index contributed by atoms with van der Waals surface area (Å²) in [6.07, 6.45) is 1.82. The molecule has 0 bridgehead atoms. The lowest BCUT2D eigenvalue weighted by Gasteiger charge is -2.17. The minimum Gasteiger partial charge on any atom is -0.495 e. The van der Waals surface area contributed by atoms with Gasteiger partial charge in [0.15, 0.2) is 0 Å². The fourth-order valence-electron chi connectivity index (χ4n) is 2.99. The molecule has 0 spiro atoms. The third-order valence-electron chi connectivity index (χ3n) is 4.89. The molecule has 6 heteroatoms. The summed E-state index contributed by atoms with van der Waals surface area (Å²) in [5.41, 5.74) is 1.50. The minimum absolute atomic E-state index is 0.222.